The molecule has 1 aliphatic rings. The highest BCUT2D eigenvalue weighted by Crippen LogP contribution is 2.22. The lowest BCUT2D eigenvalue weighted by molar-refractivity contribution is 0.273. The highest BCUT2D eigenvalue weighted by molar-refractivity contribution is 9.10. The van der Waals surface area contributed by atoms with Gasteiger partial charge in [0.1, 0.15) is 0 Å². The fourth-order valence-corrected chi connectivity index (χ4v) is 3.53. The normalized spacial score (nSPS) is 22.2. The van der Waals surface area contributed by atoms with Gasteiger partial charge in [-0.05, 0) is 24.1 Å². The van der Waals surface area contributed by atoms with E-state index in [1.807, 2.05) is 0 Å². The number of hydrogen-bond acceptors (Lipinski definition) is 2. The zero-order chi connectivity index (χ0) is 11.4. The van der Waals surface area contributed by atoms with Crippen LogP contribution in [0.25, 0.3) is 0 Å². The predicted molar refractivity (Wildman–Crippen MR) is 76.0 cm³/mol. The van der Waals surface area contributed by atoms with Gasteiger partial charge in [0, 0.05) is 35.1 Å². The first-order valence-electron chi connectivity index (χ1n) is 5.86. The van der Waals surface area contributed by atoms with Gasteiger partial charge in [-0.15, -0.1) is 0 Å². The molecular weight excluding hydrogens is 282 g/mol. The van der Waals surface area contributed by atoms with E-state index < -0.39 is 0 Å². The van der Waals surface area contributed by atoms with E-state index in [0.29, 0.717) is 0 Å². The van der Waals surface area contributed by atoms with Crippen molar-refractivity contribution in [3.05, 3.63) is 34.3 Å². The van der Waals surface area contributed by atoms with Crippen molar-refractivity contribution in [2.45, 2.75) is 25.1 Å². The average Bonchev–Trinajstić information content (AvgIpc) is 2.32. The Kier molecular flexibility index (Phi) is 4.74. The zero-order valence-electron chi connectivity index (χ0n) is 9.66. The van der Waals surface area contributed by atoms with E-state index in [1.165, 1.54) is 30.8 Å². The molecule has 0 saturated carbocycles. The van der Waals surface area contributed by atoms with Crippen molar-refractivity contribution >= 4 is 27.7 Å². The molecule has 1 atom stereocenters. The third-order valence-corrected chi connectivity index (χ3v) is 4.90. The lowest BCUT2D eigenvalue weighted by Crippen LogP contribution is -2.36. The quantitative estimate of drug-likeness (QED) is 0.836. The average molecular weight is 300 g/mol. The first kappa shape index (κ1) is 12.5. The molecule has 0 aromatic heterocycles. The Labute approximate surface area is 111 Å². The van der Waals surface area contributed by atoms with Crippen LogP contribution in [0.2, 0.25) is 0 Å². The molecule has 0 amide bonds. The van der Waals surface area contributed by atoms with Gasteiger partial charge in [0.25, 0.3) is 0 Å². The van der Waals surface area contributed by atoms with Crippen LogP contribution in [-0.2, 0) is 6.54 Å². The van der Waals surface area contributed by atoms with E-state index in [-0.39, 0.29) is 0 Å². The van der Waals surface area contributed by atoms with Crippen molar-refractivity contribution in [2.75, 3.05) is 18.8 Å². The Hall–Kier alpha value is 0.01000. The van der Waals surface area contributed by atoms with Crippen molar-refractivity contribution in [1.82, 2.24) is 4.90 Å². The van der Waals surface area contributed by atoms with Crippen LogP contribution in [0, 0.1) is 0 Å². The minimum absolute atomic E-state index is 0.837. The van der Waals surface area contributed by atoms with Crippen LogP contribution in [0.5, 0.6) is 0 Å². The number of benzene rings is 1. The Bertz CT molecular complexity index is 325. The van der Waals surface area contributed by atoms with E-state index in [0.717, 1.165) is 16.3 Å². The number of thioether (sulfide) groups is 1. The summed E-state index contributed by atoms with van der Waals surface area (Å²) in [6, 6.07) is 8.69. The number of hydrogen-bond donors (Lipinski definition) is 0. The van der Waals surface area contributed by atoms with Crippen molar-refractivity contribution in [3.63, 3.8) is 0 Å². The van der Waals surface area contributed by atoms with Gasteiger partial charge < -0.3 is 0 Å². The van der Waals surface area contributed by atoms with Crippen LogP contribution in [-0.4, -0.2) is 29.0 Å². The van der Waals surface area contributed by atoms with Crippen LogP contribution in [0.15, 0.2) is 28.7 Å². The third kappa shape index (κ3) is 3.51. The maximum Gasteiger partial charge on any atom is 0.0234 e. The van der Waals surface area contributed by atoms with Crippen LogP contribution in [0.3, 0.4) is 0 Å². The van der Waals surface area contributed by atoms with Crippen LogP contribution in [0.4, 0.5) is 0 Å². The molecule has 2 rings (SSSR count). The molecular formula is C13H18BrNS. The summed E-state index contributed by atoms with van der Waals surface area (Å²) in [5.74, 6) is 1.29. The number of rotatable bonds is 3. The molecule has 1 unspecified atom stereocenters. The summed E-state index contributed by atoms with van der Waals surface area (Å²) in [5.41, 5.74) is 1.42. The largest absolute Gasteiger partial charge is 0.297 e. The van der Waals surface area contributed by atoms with Crippen LogP contribution >= 0.6 is 27.7 Å². The number of halogens is 1. The molecule has 1 fully saturated rings. The van der Waals surface area contributed by atoms with Gasteiger partial charge in [0.05, 0.1) is 0 Å². The fraction of sp³-hybridized carbons (Fsp3) is 0.538. The van der Waals surface area contributed by atoms with Crippen LogP contribution < -0.4 is 0 Å². The molecule has 1 nitrogen and oxygen atoms in total. The molecule has 88 valence electrons. The van der Waals surface area contributed by atoms with Gasteiger partial charge in [-0.1, -0.05) is 35.0 Å². The minimum Gasteiger partial charge on any atom is -0.297 e. The smallest absolute Gasteiger partial charge is 0.0234 e. The van der Waals surface area contributed by atoms with E-state index in [4.69, 9.17) is 0 Å². The van der Waals surface area contributed by atoms with E-state index in [1.54, 1.807) is 0 Å². The topological polar surface area (TPSA) is 3.24 Å². The Balaban J connectivity index is 1.91. The standard InChI is InChI=1S/C13H18BrNS/c1-2-13-10-15(7-8-16-13)9-11-3-5-12(14)6-4-11/h3-6,13H,2,7-10H2,1H3. The van der Waals surface area contributed by atoms with E-state index >= 15 is 0 Å². The van der Waals surface area contributed by atoms with Gasteiger partial charge in [-0.3, -0.25) is 4.90 Å². The SMILES string of the molecule is CCC1CN(Cc2ccc(Br)cc2)CCS1. The Morgan fingerprint density at radius 3 is 2.81 bits per heavy atom. The molecule has 3 heteroatoms. The lowest BCUT2D eigenvalue weighted by atomic mass is 10.2. The maximum atomic E-state index is 3.47. The lowest BCUT2D eigenvalue weighted by Gasteiger charge is -2.31. The first-order chi connectivity index (χ1) is 7.78. The van der Waals surface area contributed by atoms with Crippen LogP contribution in [0.1, 0.15) is 18.9 Å². The number of nitrogens with zero attached hydrogens (tertiary/aromatic N) is 1. The predicted octanol–water partition coefficient (Wildman–Crippen LogP) is 3.78. The molecule has 1 saturated heterocycles. The van der Waals surface area contributed by atoms with Gasteiger partial charge in [0.2, 0.25) is 0 Å². The molecule has 0 spiro atoms. The molecule has 1 heterocycles. The molecule has 1 aromatic carbocycles. The molecule has 0 bridgehead atoms. The van der Waals surface area contributed by atoms with Crippen molar-refractivity contribution in [3.8, 4) is 0 Å². The zero-order valence-corrected chi connectivity index (χ0v) is 12.1. The van der Waals surface area contributed by atoms with E-state index in [2.05, 4.69) is 63.8 Å². The molecule has 1 aromatic rings. The summed E-state index contributed by atoms with van der Waals surface area (Å²) < 4.78 is 1.16. The molecule has 0 radical (unpaired) electrons. The van der Waals surface area contributed by atoms with E-state index in [9.17, 15) is 0 Å². The minimum atomic E-state index is 0.837. The fourth-order valence-electron chi connectivity index (χ4n) is 2.02. The first-order valence-corrected chi connectivity index (χ1v) is 7.70. The van der Waals surface area contributed by atoms with Crippen molar-refractivity contribution in [2.24, 2.45) is 0 Å². The summed E-state index contributed by atoms with van der Waals surface area (Å²) >= 11 is 5.61. The third-order valence-electron chi connectivity index (χ3n) is 3.00. The van der Waals surface area contributed by atoms with Gasteiger partial charge in [-0.25, -0.2) is 0 Å². The molecule has 0 N–H and O–H groups in total. The highest BCUT2D eigenvalue weighted by atomic mass is 79.9. The summed E-state index contributed by atoms with van der Waals surface area (Å²) in [7, 11) is 0. The maximum absolute atomic E-state index is 3.47. The summed E-state index contributed by atoms with van der Waals surface area (Å²) in [6.45, 7) is 5.87. The summed E-state index contributed by atoms with van der Waals surface area (Å²) in [6.07, 6.45) is 1.29. The van der Waals surface area contributed by atoms with Gasteiger partial charge >= 0.3 is 0 Å². The summed E-state index contributed by atoms with van der Waals surface area (Å²) in [4.78, 5) is 2.58. The Morgan fingerprint density at radius 1 is 1.38 bits per heavy atom. The molecule has 0 aliphatic carbocycles. The van der Waals surface area contributed by atoms with Gasteiger partial charge in [-0.2, -0.15) is 11.8 Å². The second kappa shape index (κ2) is 6.08. The highest BCUT2D eigenvalue weighted by Gasteiger charge is 2.18. The molecule has 16 heavy (non-hydrogen) atoms. The Morgan fingerprint density at radius 2 is 2.12 bits per heavy atom. The molecule has 1 aliphatic heterocycles. The monoisotopic (exact) mass is 299 g/mol. The summed E-state index contributed by atoms with van der Waals surface area (Å²) in [5, 5.41) is 0.837. The second-order valence-electron chi connectivity index (χ2n) is 4.26. The van der Waals surface area contributed by atoms with Crippen molar-refractivity contribution in [1.29, 1.82) is 0 Å². The van der Waals surface area contributed by atoms with Gasteiger partial charge in [0.15, 0.2) is 0 Å². The van der Waals surface area contributed by atoms with Crippen molar-refractivity contribution < 1.29 is 0 Å². The second-order valence-corrected chi connectivity index (χ2v) is 6.59.